The van der Waals surface area contributed by atoms with E-state index in [1.54, 1.807) is 0 Å². The predicted molar refractivity (Wildman–Crippen MR) is 83.2 cm³/mol. The van der Waals surface area contributed by atoms with Gasteiger partial charge in [0.05, 0.1) is 11.1 Å². The van der Waals surface area contributed by atoms with Crippen molar-refractivity contribution in [2.75, 3.05) is 0 Å². The quantitative estimate of drug-likeness (QED) is 0.272. The first-order valence-corrected chi connectivity index (χ1v) is 12.2. The minimum atomic E-state index is -5.65. The van der Waals surface area contributed by atoms with Gasteiger partial charge < -0.3 is 28.6 Å². The second-order valence-electron chi connectivity index (χ2n) is 4.38. The van der Waals surface area contributed by atoms with Crippen LogP contribution in [0.5, 0.6) is 0 Å². The molecule has 2 atom stereocenters. The number of hydrogen-bond donors (Lipinski definition) is 6. The zero-order valence-electron chi connectivity index (χ0n) is 12.9. The third-order valence-corrected chi connectivity index (χ3v) is 6.33. The minimum absolute atomic E-state index is 0.766. The molecule has 0 fully saturated rings. The van der Waals surface area contributed by atoms with Crippen LogP contribution in [0.1, 0.15) is 20.7 Å². The molecular weight excluding hydrogens is 476 g/mol. The Bertz CT molecular complexity index is 878. The Morgan fingerprint density at radius 2 is 0.929 bits per heavy atom. The summed E-state index contributed by atoms with van der Waals surface area (Å²) in [6.07, 6.45) is 0. The van der Waals surface area contributed by atoms with Gasteiger partial charge in [0, 0.05) is 0 Å². The molecule has 20 heteroatoms. The minimum Gasteiger partial charge on any atom is -0.366 e. The van der Waals surface area contributed by atoms with Gasteiger partial charge in [0.2, 0.25) is 0 Å². The largest absolute Gasteiger partial charge is 0.538 e. The van der Waals surface area contributed by atoms with Crippen molar-refractivity contribution in [1.29, 1.82) is 0 Å². The van der Waals surface area contributed by atoms with Crippen LogP contribution >= 0.6 is 31.3 Å². The Hall–Kier alpha value is -1.24. The molecule has 0 radical (unpaired) electrons. The lowest BCUT2D eigenvalue weighted by molar-refractivity contribution is 0.0625. The highest BCUT2D eigenvalue weighted by Gasteiger charge is 2.39. The van der Waals surface area contributed by atoms with E-state index < -0.39 is 54.4 Å². The average Bonchev–Trinajstić information content (AvgIpc) is 2.40. The van der Waals surface area contributed by atoms with Crippen molar-refractivity contribution in [2.45, 2.75) is 0 Å². The molecular formula is C8H10O16P4. The monoisotopic (exact) mass is 486 g/mol. The molecule has 0 saturated heterocycles. The first-order valence-electron chi connectivity index (χ1n) is 6.17. The molecule has 0 bridgehead atoms. The molecule has 158 valence electrons. The Labute approximate surface area is 154 Å². The SMILES string of the molecule is O=C(OP(=O)(O)OP(=O)(O)O)c1ccccc1C(=O)OP(=O)(O)OP(=O)(O)O. The van der Waals surface area contributed by atoms with Crippen LogP contribution in [0, 0.1) is 0 Å². The number of phosphoric acid groups is 4. The fraction of sp³-hybridized carbons (Fsp3) is 0. The van der Waals surface area contributed by atoms with Crippen LogP contribution in [0.15, 0.2) is 24.3 Å². The van der Waals surface area contributed by atoms with Gasteiger partial charge in [-0.2, -0.15) is 8.62 Å². The second-order valence-corrected chi connectivity index (χ2v) is 9.89. The molecule has 0 aliphatic carbocycles. The molecule has 6 N–H and O–H groups in total. The number of carbonyl (C=O) groups excluding carboxylic acids is 2. The summed E-state index contributed by atoms with van der Waals surface area (Å²) in [5, 5.41) is 0. The highest BCUT2D eigenvalue weighted by atomic mass is 31.3. The van der Waals surface area contributed by atoms with Gasteiger partial charge in [-0.25, -0.2) is 27.8 Å². The van der Waals surface area contributed by atoms with Crippen LogP contribution < -0.4 is 0 Å². The van der Waals surface area contributed by atoms with Gasteiger partial charge in [0.25, 0.3) is 0 Å². The molecule has 0 aliphatic rings. The summed E-state index contributed by atoms with van der Waals surface area (Å²) in [6, 6.07) is 3.68. The third kappa shape index (κ3) is 8.84. The standard InChI is InChI=1S/C8H10O16P4/c9-7(21-27(17,18)23-25(11,12)13)5-3-1-2-4-6(5)8(10)22-28(19,20)24-26(14,15)16/h1-4H,(H,17,18)(H,19,20)(H2,11,12,13)(H2,14,15,16). The highest BCUT2D eigenvalue weighted by Crippen LogP contribution is 2.59. The summed E-state index contributed by atoms with van der Waals surface area (Å²) in [4.78, 5) is 75.8. The van der Waals surface area contributed by atoms with Gasteiger partial charge in [-0.05, 0) is 12.1 Å². The van der Waals surface area contributed by atoms with E-state index in [4.69, 9.17) is 29.4 Å². The fourth-order valence-electron chi connectivity index (χ4n) is 1.45. The van der Waals surface area contributed by atoms with Gasteiger partial charge in [-0.1, -0.05) is 12.1 Å². The summed E-state index contributed by atoms with van der Waals surface area (Å²) in [5.74, 6) is -3.70. The smallest absolute Gasteiger partial charge is 0.366 e. The van der Waals surface area contributed by atoms with Crippen molar-refractivity contribution >= 4 is 43.2 Å². The van der Waals surface area contributed by atoms with E-state index in [1.165, 1.54) is 0 Å². The van der Waals surface area contributed by atoms with Crippen LogP contribution in [0.4, 0.5) is 0 Å². The molecule has 1 rings (SSSR count). The molecule has 28 heavy (non-hydrogen) atoms. The molecule has 16 nitrogen and oxygen atoms in total. The van der Waals surface area contributed by atoms with Gasteiger partial charge in [-0.3, -0.25) is 9.79 Å². The number of rotatable bonds is 8. The van der Waals surface area contributed by atoms with E-state index in [1.807, 2.05) is 0 Å². The van der Waals surface area contributed by atoms with Crippen LogP contribution in [-0.2, 0) is 35.9 Å². The van der Waals surface area contributed by atoms with Crippen molar-refractivity contribution in [3.63, 3.8) is 0 Å². The maximum absolute atomic E-state index is 11.9. The van der Waals surface area contributed by atoms with Crippen molar-refractivity contribution in [2.24, 2.45) is 0 Å². The van der Waals surface area contributed by atoms with E-state index in [-0.39, 0.29) is 0 Å². The molecule has 0 heterocycles. The molecule has 1 aromatic carbocycles. The van der Waals surface area contributed by atoms with Crippen LogP contribution in [0.3, 0.4) is 0 Å². The first kappa shape index (κ1) is 24.8. The normalized spacial score (nSPS) is 16.5. The van der Waals surface area contributed by atoms with Gasteiger partial charge in [0.1, 0.15) is 0 Å². The predicted octanol–water partition coefficient (Wildman–Crippen LogP) is 0.420. The topological polar surface area (TPSA) is 261 Å². The van der Waals surface area contributed by atoms with Gasteiger partial charge >= 0.3 is 43.2 Å². The Kier molecular flexibility index (Phi) is 7.65. The maximum atomic E-state index is 11.9. The van der Waals surface area contributed by atoms with Gasteiger partial charge in [0.15, 0.2) is 0 Å². The number of carbonyl (C=O) groups is 2. The zero-order chi connectivity index (χ0) is 22.0. The summed E-state index contributed by atoms with van der Waals surface area (Å²) >= 11 is 0. The second kappa shape index (κ2) is 8.64. The van der Waals surface area contributed by atoms with Crippen LogP contribution in [0.2, 0.25) is 0 Å². The first-order chi connectivity index (χ1) is 12.4. The summed E-state index contributed by atoms with van der Waals surface area (Å²) in [6.45, 7) is 0. The lowest BCUT2D eigenvalue weighted by Gasteiger charge is -2.15. The van der Waals surface area contributed by atoms with Crippen molar-refractivity contribution in [1.82, 2.24) is 0 Å². The van der Waals surface area contributed by atoms with Crippen LogP contribution in [0.25, 0.3) is 0 Å². The fourth-order valence-corrected chi connectivity index (χ4v) is 4.48. The molecule has 0 aliphatic heterocycles. The Morgan fingerprint density at radius 3 is 1.18 bits per heavy atom. The summed E-state index contributed by atoms with van der Waals surface area (Å²) in [5.41, 5.74) is -1.82. The lowest BCUT2D eigenvalue weighted by atomic mass is 10.1. The zero-order valence-corrected chi connectivity index (χ0v) is 16.4. The summed E-state index contributed by atoms with van der Waals surface area (Å²) < 4.78 is 58.3. The van der Waals surface area contributed by atoms with Crippen molar-refractivity contribution in [3.05, 3.63) is 35.4 Å². The van der Waals surface area contributed by atoms with Crippen molar-refractivity contribution in [3.8, 4) is 0 Å². The van der Waals surface area contributed by atoms with E-state index >= 15 is 0 Å². The van der Waals surface area contributed by atoms with E-state index in [0.29, 0.717) is 0 Å². The summed E-state index contributed by atoms with van der Waals surface area (Å²) in [7, 11) is -22.4. The molecule has 0 amide bonds. The van der Waals surface area contributed by atoms with E-state index in [9.17, 15) is 27.8 Å². The molecule has 0 saturated carbocycles. The maximum Gasteiger partial charge on any atom is 0.538 e. The van der Waals surface area contributed by atoms with Crippen LogP contribution in [-0.4, -0.2) is 41.3 Å². The highest BCUT2D eigenvalue weighted by molar-refractivity contribution is 7.61. The van der Waals surface area contributed by atoms with Crippen molar-refractivity contribution < 1.29 is 74.9 Å². The van der Waals surface area contributed by atoms with Gasteiger partial charge in [-0.15, -0.1) is 0 Å². The van der Waals surface area contributed by atoms with E-state index in [0.717, 1.165) is 24.3 Å². The number of benzene rings is 1. The molecule has 1 aromatic rings. The average molecular weight is 486 g/mol. The molecule has 0 spiro atoms. The number of phosphoric ester groups is 2. The lowest BCUT2D eigenvalue weighted by Crippen LogP contribution is -2.13. The molecule has 0 aromatic heterocycles. The third-order valence-electron chi connectivity index (χ3n) is 2.18. The Morgan fingerprint density at radius 1 is 0.643 bits per heavy atom. The number of hydrogen-bond acceptors (Lipinski definition) is 10. The Balaban J connectivity index is 3.10. The van der Waals surface area contributed by atoms with E-state index in [2.05, 4.69) is 17.7 Å². The molecule has 2 unspecified atom stereocenters.